The van der Waals surface area contributed by atoms with Crippen LogP contribution in [0.2, 0.25) is 0 Å². The molecule has 2 rings (SSSR count). The lowest BCUT2D eigenvalue weighted by Crippen LogP contribution is -2.51. The van der Waals surface area contributed by atoms with Crippen LogP contribution in [0.1, 0.15) is 25.5 Å². The molecule has 0 aromatic carbocycles. The monoisotopic (exact) mass is 309 g/mol. The molecule has 1 fully saturated rings. The van der Waals surface area contributed by atoms with Gasteiger partial charge in [-0.2, -0.15) is 0 Å². The number of aromatic nitrogens is 2. The Morgan fingerprint density at radius 3 is 2.77 bits per heavy atom. The van der Waals surface area contributed by atoms with Crippen LogP contribution in [0.3, 0.4) is 0 Å². The van der Waals surface area contributed by atoms with E-state index in [4.69, 9.17) is 5.11 Å². The van der Waals surface area contributed by atoms with Crippen molar-refractivity contribution in [2.45, 2.75) is 38.8 Å². The maximum Gasteiger partial charge on any atom is 0.317 e. The predicted octanol–water partition coefficient (Wildman–Crippen LogP) is 1.04. The summed E-state index contributed by atoms with van der Waals surface area (Å²) in [5, 5.41) is 22.7. The number of nitrogens with zero attached hydrogens (tertiary/aromatic N) is 4. The van der Waals surface area contributed by atoms with Crippen molar-refractivity contribution in [1.29, 1.82) is 0 Å². The summed E-state index contributed by atoms with van der Waals surface area (Å²) in [6.45, 7) is 4.24. The number of likely N-dealkylation sites (N-methyl/N-ethyl adjacent to an activating group) is 1. The van der Waals surface area contributed by atoms with Crippen molar-refractivity contribution in [2.75, 3.05) is 18.4 Å². The van der Waals surface area contributed by atoms with E-state index in [9.17, 15) is 14.9 Å². The fourth-order valence-corrected chi connectivity index (χ4v) is 2.57. The second-order valence-corrected chi connectivity index (χ2v) is 5.34. The van der Waals surface area contributed by atoms with Crippen molar-refractivity contribution in [3.63, 3.8) is 0 Å². The topological polar surface area (TPSA) is 121 Å². The largest absolute Gasteiger partial charge is 0.480 e. The zero-order valence-corrected chi connectivity index (χ0v) is 12.5. The minimum Gasteiger partial charge on any atom is -0.480 e. The highest BCUT2D eigenvalue weighted by molar-refractivity contribution is 5.69. The van der Waals surface area contributed by atoms with E-state index >= 15 is 0 Å². The fraction of sp³-hybridized carbons (Fsp3) is 0.615. The van der Waals surface area contributed by atoms with Gasteiger partial charge in [-0.1, -0.05) is 6.92 Å². The lowest BCUT2D eigenvalue weighted by atomic mass is 9.85. The van der Waals surface area contributed by atoms with Crippen LogP contribution in [0.15, 0.2) is 6.20 Å². The summed E-state index contributed by atoms with van der Waals surface area (Å²) in [5.74, 6) is -0.458. The van der Waals surface area contributed by atoms with Crippen molar-refractivity contribution in [3.8, 4) is 0 Å². The number of hydrogen-bond acceptors (Lipinski definition) is 7. The first kappa shape index (κ1) is 16.1. The van der Waals surface area contributed by atoms with Gasteiger partial charge in [0.1, 0.15) is 11.9 Å². The molecule has 1 aromatic heterocycles. The number of hydrogen-bond donors (Lipinski definition) is 2. The van der Waals surface area contributed by atoms with Crippen LogP contribution >= 0.6 is 0 Å². The van der Waals surface area contributed by atoms with E-state index in [0.29, 0.717) is 18.2 Å². The maximum absolute atomic E-state index is 10.8. The molecule has 9 nitrogen and oxygen atoms in total. The molecule has 0 atom stereocenters. The van der Waals surface area contributed by atoms with Crippen LogP contribution in [0, 0.1) is 17.0 Å². The van der Waals surface area contributed by atoms with Gasteiger partial charge in [-0.15, -0.1) is 0 Å². The Morgan fingerprint density at radius 1 is 1.59 bits per heavy atom. The first-order valence-corrected chi connectivity index (χ1v) is 7.11. The highest BCUT2D eigenvalue weighted by Gasteiger charge is 2.34. The van der Waals surface area contributed by atoms with Crippen molar-refractivity contribution >= 4 is 17.6 Å². The molecule has 1 aliphatic rings. The van der Waals surface area contributed by atoms with Gasteiger partial charge in [-0.05, 0) is 26.3 Å². The summed E-state index contributed by atoms with van der Waals surface area (Å²) in [5.41, 5.74) is 0.218. The number of carbonyl (C=O) groups is 1. The predicted molar refractivity (Wildman–Crippen MR) is 78.7 cm³/mol. The quantitative estimate of drug-likeness (QED) is 0.566. The average Bonchev–Trinajstić information content (AvgIpc) is 2.39. The van der Waals surface area contributed by atoms with Gasteiger partial charge in [0.2, 0.25) is 5.95 Å². The van der Waals surface area contributed by atoms with Gasteiger partial charge in [0, 0.05) is 12.1 Å². The highest BCUT2D eigenvalue weighted by Crippen LogP contribution is 2.28. The van der Waals surface area contributed by atoms with Gasteiger partial charge in [-0.25, -0.2) is 9.97 Å². The summed E-state index contributed by atoms with van der Waals surface area (Å²) in [6, 6.07) is 0.395. The number of carboxylic acids is 1. The summed E-state index contributed by atoms with van der Waals surface area (Å²) in [4.78, 5) is 30.9. The molecule has 22 heavy (non-hydrogen) atoms. The van der Waals surface area contributed by atoms with Crippen LogP contribution in [-0.4, -0.2) is 56.0 Å². The summed E-state index contributed by atoms with van der Waals surface area (Å²) in [6.07, 6.45) is 2.81. The van der Waals surface area contributed by atoms with Gasteiger partial charge >= 0.3 is 11.7 Å². The normalized spacial score (nSPS) is 20.5. The molecule has 2 N–H and O–H groups in total. The molecule has 0 bridgehead atoms. The molecule has 0 spiro atoms. The van der Waals surface area contributed by atoms with Crippen LogP contribution in [0.25, 0.3) is 0 Å². The Bertz CT molecular complexity index is 574. The van der Waals surface area contributed by atoms with E-state index in [2.05, 4.69) is 15.3 Å². The smallest absolute Gasteiger partial charge is 0.317 e. The molecular weight excluding hydrogens is 290 g/mol. The number of rotatable bonds is 7. The minimum atomic E-state index is -0.826. The Hall–Kier alpha value is -2.29. The second-order valence-electron chi connectivity index (χ2n) is 5.34. The van der Waals surface area contributed by atoms with Gasteiger partial charge in [-0.3, -0.25) is 19.8 Å². The van der Waals surface area contributed by atoms with E-state index < -0.39 is 10.9 Å². The molecular formula is C13H19N5O4. The molecule has 0 aliphatic heterocycles. The van der Waals surface area contributed by atoms with Gasteiger partial charge in [0.25, 0.3) is 0 Å². The zero-order chi connectivity index (χ0) is 16.3. The highest BCUT2D eigenvalue weighted by atomic mass is 16.6. The van der Waals surface area contributed by atoms with Crippen LogP contribution in [0.4, 0.5) is 11.6 Å². The molecule has 1 saturated carbocycles. The van der Waals surface area contributed by atoms with Crippen molar-refractivity contribution < 1.29 is 14.8 Å². The third kappa shape index (κ3) is 3.67. The average molecular weight is 309 g/mol. The molecule has 120 valence electrons. The van der Waals surface area contributed by atoms with E-state index in [-0.39, 0.29) is 24.3 Å². The van der Waals surface area contributed by atoms with Gasteiger partial charge < -0.3 is 10.4 Å². The molecule has 0 saturated heterocycles. The Kier molecular flexibility index (Phi) is 4.86. The lowest BCUT2D eigenvalue weighted by molar-refractivity contribution is -0.386. The summed E-state index contributed by atoms with van der Waals surface area (Å²) < 4.78 is 0. The summed E-state index contributed by atoms with van der Waals surface area (Å²) in [7, 11) is 0. The number of aryl methyl sites for hydroxylation is 1. The van der Waals surface area contributed by atoms with E-state index in [1.807, 2.05) is 11.8 Å². The second kappa shape index (κ2) is 6.65. The number of carboxylic acid groups (broad SMARTS) is 1. The molecule has 1 aliphatic carbocycles. The number of aliphatic carboxylic acids is 1. The standard InChI is InChI=1S/C13H19N5O4/c1-3-17(7-12(19)20)10-4-9(5-10)16-13-14-6-11(18(21)22)8(2)15-13/h6,9-10H,3-5,7H2,1-2H3,(H,19,20)(H,14,15,16). The zero-order valence-electron chi connectivity index (χ0n) is 12.5. The Labute approximate surface area is 127 Å². The Balaban J connectivity index is 1.88. The third-order valence-corrected chi connectivity index (χ3v) is 3.86. The summed E-state index contributed by atoms with van der Waals surface area (Å²) >= 11 is 0. The van der Waals surface area contributed by atoms with Crippen LogP contribution < -0.4 is 5.32 Å². The molecule has 0 amide bonds. The van der Waals surface area contributed by atoms with E-state index in [0.717, 1.165) is 12.8 Å². The molecule has 1 aromatic rings. The maximum atomic E-state index is 10.8. The molecule has 0 unspecified atom stereocenters. The molecule has 9 heteroatoms. The number of anilines is 1. The fourth-order valence-electron chi connectivity index (χ4n) is 2.57. The van der Waals surface area contributed by atoms with E-state index in [1.165, 1.54) is 6.20 Å². The minimum absolute atomic E-state index is 0.0427. The lowest BCUT2D eigenvalue weighted by Gasteiger charge is -2.42. The molecule has 1 heterocycles. The van der Waals surface area contributed by atoms with Gasteiger partial charge in [0.05, 0.1) is 11.5 Å². The first-order chi connectivity index (χ1) is 10.4. The van der Waals surface area contributed by atoms with Gasteiger partial charge in [0.15, 0.2) is 0 Å². The van der Waals surface area contributed by atoms with Crippen LogP contribution in [-0.2, 0) is 4.79 Å². The SMILES string of the molecule is CCN(CC(=O)O)C1CC(Nc2ncc([N+](=O)[O-])c(C)n2)C1. The van der Waals surface area contributed by atoms with Crippen molar-refractivity contribution in [3.05, 3.63) is 22.0 Å². The van der Waals surface area contributed by atoms with Crippen molar-refractivity contribution in [1.82, 2.24) is 14.9 Å². The first-order valence-electron chi connectivity index (χ1n) is 7.11. The number of nitrogens with one attached hydrogen (secondary N) is 1. The third-order valence-electron chi connectivity index (χ3n) is 3.86. The van der Waals surface area contributed by atoms with Crippen LogP contribution in [0.5, 0.6) is 0 Å². The Morgan fingerprint density at radius 2 is 2.27 bits per heavy atom. The van der Waals surface area contributed by atoms with E-state index in [1.54, 1.807) is 6.92 Å². The van der Waals surface area contributed by atoms with Crippen molar-refractivity contribution in [2.24, 2.45) is 0 Å². The molecule has 0 radical (unpaired) electrons. The number of nitro groups is 1.